The van der Waals surface area contributed by atoms with Crippen molar-refractivity contribution >= 4 is 11.8 Å². The third-order valence-electron chi connectivity index (χ3n) is 6.10. The Bertz CT molecular complexity index is 1050. The highest BCUT2D eigenvalue weighted by Crippen LogP contribution is 2.37. The molecule has 1 fully saturated rings. The minimum absolute atomic E-state index is 0.0106. The normalized spacial score (nSPS) is 18.0. The van der Waals surface area contributed by atoms with Gasteiger partial charge in [0.15, 0.2) is 0 Å². The predicted molar refractivity (Wildman–Crippen MR) is 121 cm³/mol. The van der Waals surface area contributed by atoms with E-state index in [2.05, 4.69) is 34.6 Å². The smallest absolute Gasteiger partial charge is 0.228 e. The highest BCUT2D eigenvalue weighted by molar-refractivity contribution is 5.86. The van der Waals surface area contributed by atoms with Crippen LogP contribution in [-0.4, -0.2) is 41.8 Å². The van der Waals surface area contributed by atoms with Gasteiger partial charge < -0.3 is 10.2 Å². The number of amides is 2. The monoisotopic (exact) mass is 413 g/mol. The van der Waals surface area contributed by atoms with Crippen LogP contribution in [0.25, 0.3) is 11.1 Å². The van der Waals surface area contributed by atoms with Crippen molar-refractivity contribution in [2.75, 3.05) is 20.1 Å². The van der Waals surface area contributed by atoms with Gasteiger partial charge in [0, 0.05) is 32.0 Å². The molecule has 2 aromatic carbocycles. The van der Waals surface area contributed by atoms with Crippen molar-refractivity contribution in [2.24, 2.45) is 5.41 Å². The molecule has 1 atom stereocenters. The van der Waals surface area contributed by atoms with Gasteiger partial charge in [-0.3, -0.25) is 14.6 Å². The third-order valence-corrected chi connectivity index (χ3v) is 6.10. The van der Waals surface area contributed by atoms with E-state index >= 15 is 0 Å². The number of aromatic nitrogens is 1. The van der Waals surface area contributed by atoms with E-state index in [1.54, 1.807) is 13.2 Å². The Morgan fingerprint density at radius 1 is 1.00 bits per heavy atom. The van der Waals surface area contributed by atoms with Crippen molar-refractivity contribution in [1.29, 1.82) is 0 Å². The highest BCUT2D eigenvalue weighted by Gasteiger charge is 2.45. The first kappa shape index (κ1) is 20.8. The van der Waals surface area contributed by atoms with Crippen molar-refractivity contribution in [3.8, 4) is 11.1 Å². The first-order chi connectivity index (χ1) is 15.1. The number of nitrogens with one attached hydrogen (secondary N) is 1. The second kappa shape index (κ2) is 9.13. The van der Waals surface area contributed by atoms with Gasteiger partial charge in [0.25, 0.3) is 0 Å². The number of hydrogen-bond acceptors (Lipinski definition) is 3. The fourth-order valence-corrected chi connectivity index (χ4v) is 4.47. The lowest BCUT2D eigenvalue weighted by Gasteiger charge is -2.28. The average molecular weight is 414 g/mol. The molecule has 0 unspecified atom stereocenters. The molecular weight excluding hydrogens is 386 g/mol. The molecule has 5 heteroatoms. The van der Waals surface area contributed by atoms with Gasteiger partial charge in [0.2, 0.25) is 11.8 Å². The Kier molecular flexibility index (Phi) is 6.12. The molecule has 0 saturated carbocycles. The summed E-state index contributed by atoms with van der Waals surface area (Å²) in [6, 6.07) is 24.0. The molecule has 1 saturated heterocycles. The summed E-state index contributed by atoms with van der Waals surface area (Å²) in [5.74, 6) is 0.00400. The van der Waals surface area contributed by atoms with Crippen LogP contribution < -0.4 is 5.32 Å². The van der Waals surface area contributed by atoms with Gasteiger partial charge in [-0.05, 0) is 41.7 Å². The van der Waals surface area contributed by atoms with Crippen LogP contribution in [0.5, 0.6) is 0 Å². The first-order valence-corrected chi connectivity index (χ1v) is 10.6. The summed E-state index contributed by atoms with van der Waals surface area (Å²) in [6.45, 7) is 0.994. The molecule has 0 bridgehead atoms. The SMILES string of the molecule is CNC(=O)[C@@]1(Cc2ccccc2-c2ccccc2)CCN(C(=O)Cc2ccccn2)C1. The van der Waals surface area contributed by atoms with E-state index in [1.807, 2.05) is 53.4 Å². The first-order valence-electron chi connectivity index (χ1n) is 10.6. The number of hydrogen-bond donors (Lipinski definition) is 1. The molecule has 2 amide bonds. The van der Waals surface area contributed by atoms with Crippen LogP contribution in [0.2, 0.25) is 0 Å². The van der Waals surface area contributed by atoms with Gasteiger partial charge in [0.05, 0.1) is 11.8 Å². The van der Waals surface area contributed by atoms with Crippen LogP contribution in [0, 0.1) is 5.41 Å². The molecule has 3 aromatic rings. The van der Waals surface area contributed by atoms with E-state index in [9.17, 15) is 9.59 Å². The maximum absolute atomic E-state index is 13.1. The summed E-state index contributed by atoms with van der Waals surface area (Å²) >= 11 is 0. The standard InChI is InChI=1S/C26H27N3O2/c1-27-25(31)26(14-16-29(19-26)24(30)17-22-12-7-8-15-28-22)18-21-11-5-6-13-23(21)20-9-3-2-4-10-20/h2-13,15H,14,16-19H2,1H3,(H,27,31)/t26-/m1/s1. The van der Waals surface area contributed by atoms with Gasteiger partial charge in [-0.25, -0.2) is 0 Å². The maximum atomic E-state index is 13.1. The fourth-order valence-electron chi connectivity index (χ4n) is 4.47. The Morgan fingerprint density at radius 2 is 1.74 bits per heavy atom. The van der Waals surface area contributed by atoms with Crippen molar-refractivity contribution in [3.05, 3.63) is 90.3 Å². The number of nitrogens with zero attached hydrogens (tertiary/aromatic N) is 2. The van der Waals surface area contributed by atoms with Crippen LogP contribution in [0.15, 0.2) is 79.0 Å². The molecule has 5 nitrogen and oxygen atoms in total. The molecule has 1 aliphatic rings. The van der Waals surface area contributed by atoms with Crippen LogP contribution >= 0.6 is 0 Å². The second-order valence-electron chi connectivity index (χ2n) is 8.12. The number of benzene rings is 2. The minimum atomic E-state index is -0.639. The molecular formula is C26H27N3O2. The largest absolute Gasteiger partial charge is 0.359 e. The van der Waals surface area contributed by atoms with E-state index in [0.717, 1.165) is 22.4 Å². The Balaban J connectivity index is 1.58. The van der Waals surface area contributed by atoms with E-state index in [1.165, 1.54) is 0 Å². The molecule has 1 N–H and O–H groups in total. The van der Waals surface area contributed by atoms with Crippen molar-refractivity contribution < 1.29 is 9.59 Å². The van der Waals surface area contributed by atoms with Crippen LogP contribution in [0.3, 0.4) is 0 Å². The summed E-state index contributed by atoms with van der Waals surface area (Å²) in [5, 5.41) is 2.85. The summed E-state index contributed by atoms with van der Waals surface area (Å²) in [4.78, 5) is 32.0. The van der Waals surface area contributed by atoms with Crippen LogP contribution in [0.4, 0.5) is 0 Å². The molecule has 0 aliphatic carbocycles. The zero-order valence-corrected chi connectivity index (χ0v) is 17.8. The zero-order chi connectivity index (χ0) is 21.7. The number of carbonyl (C=O) groups is 2. The van der Waals surface area contributed by atoms with Crippen molar-refractivity contribution in [2.45, 2.75) is 19.3 Å². The average Bonchev–Trinajstić information content (AvgIpc) is 3.25. The molecule has 4 rings (SSSR count). The van der Waals surface area contributed by atoms with E-state index < -0.39 is 5.41 Å². The van der Waals surface area contributed by atoms with E-state index in [4.69, 9.17) is 0 Å². The van der Waals surface area contributed by atoms with E-state index in [0.29, 0.717) is 25.9 Å². The van der Waals surface area contributed by atoms with Crippen LogP contribution in [0.1, 0.15) is 17.7 Å². The summed E-state index contributed by atoms with van der Waals surface area (Å²) in [5.41, 5.74) is 3.49. The summed E-state index contributed by atoms with van der Waals surface area (Å²) < 4.78 is 0. The van der Waals surface area contributed by atoms with Gasteiger partial charge >= 0.3 is 0 Å². The quantitative estimate of drug-likeness (QED) is 0.673. The topological polar surface area (TPSA) is 62.3 Å². The molecule has 1 aliphatic heterocycles. The minimum Gasteiger partial charge on any atom is -0.359 e. The lowest BCUT2D eigenvalue weighted by atomic mass is 9.78. The number of carbonyl (C=O) groups excluding carboxylic acids is 2. The van der Waals surface area contributed by atoms with E-state index in [-0.39, 0.29) is 18.2 Å². The summed E-state index contributed by atoms with van der Waals surface area (Å²) in [6.07, 6.45) is 3.18. The third kappa shape index (κ3) is 4.50. The van der Waals surface area contributed by atoms with Gasteiger partial charge in [-0.15, -0.1) is 0 Å². The maximum Gasteiger partial charge on any atom is 0.228 e. The van der Waals surface area contributed by atoms with Gasteiger partial charge in [-0.2, -0.15) is 0 Å². The molecule has 0 radical (unpaired) electrons. The molecule has 0 spiro atoms. The Labute approximate surface area is 183 Å². The second-order valence-corrected chi connectivity index (χ2v) is 8.12. The fraction of sp³-hybridized carbons (Fsp3) is 0.269. The molecule has 2 heterocycles. The Morgan fingerprint density at radius 3 is 2.48 bits per heavy atom. The number of rotatable bonds is 6. The molecule has 158 valence electrons. The summed E-state index contributed by atoms with van der Waals surface area (Å²) in [7, 11) is 1.67. The Hall–Kier alpha value is -3.47. The van der Waals surface area contributed by atoms with Crippen molar-refractivity contribution in [3.63, 3.8) is 0 Å². The molecule has 31 heavy (non-hydrogen) atoms. The van der Waals surface area contributed by atoms with Gasteiger partial charge in [-0.1, -0.05) is 60.7 Å². The number of likely N-dealkylation sites (tertiary alicyclic amines) is 1. The number of pyridine rings is 1. The highest BCUT2D eigenvalue weighted by atomic mass is 16.2. The zero-order valence-electron chi connectivity index (χ0n) is 17.8. The lowest BCUT2D eigenvalue weighted by Crippen LogP contribution is -2.44. The van der Waals surface area contributed by atoms with Gasteiger partial charge in [0.1, 0.15) is 0 Å². The predicted octanol–water partition coefficient (Wildman–Crippen LogP) is 3.50. The molecule has 1 aromatic heterocycles. The lowest BCUT2D eigenvalue weighted by molar-refractivity contribution is -0.132. The van der Waals surface area contributed by atoms with Crippen molar-refractivity contribution in [1.82, 2.24) is 15.2 Å². The van der Waals surface area contributed by atoms with Crippen LogP contribution in [-0.2, 0) is 22.4 Å².